The largest absolute Gasteiger partial charge is 0.375 e. The normalized spacial score (nSPS) is 8.72. The van der Waals surface area contributed by atoms with E-state index in [1.165, 1.54) is 23.1 Å². The van der Waals surface area contributed by atoms with Gasteiger partial charge < -0.3 is 5.73 Å². The summed E-state index contributed by atoms with van der Waals surface area (Å²) in [6.45, 7) is 8.00. The first-order valence-corrected chi connectivity index (χ1v) is 7.98. The minimum absolute atomic E-state index is 0.560. The van der Waals surface area contributed by atoms with Crippen LogP contribution in [0.4, 0.5) is 5.13 Å². The van der Waals surface area contributed by atoms with Gasteiger partial charge in [-0.05, 0) is 12.3 Å². The number of anilines is 1. The Bertz CT molecular complexity index is 443. The van der Waals surface area contributed by atoms with Gasteiger partial charge in [0.05, 0.1) is 5.69 Å². The van der Waals surface area contributed by atoms with Crippen LogP contribution in [0.25, 0.3) is 11.4 Å². The van der Waals surface area contributed by atoms with Crippen molar-refractivity contribution in [3.05, 3.63) is 17.6 Å². The number of thioether (sulfide) groups is 1. The fourth-order valence-corrected chi connectivity index (χ4v) is 1.90. The van der Waals surface area contributed by atoms with Gasteiger partial charge >= 0.3 is 0 Å². The highest BCUT2D eigenvalue weighted by molar-refractivity contribution is 7.98. The zero-order valence-corrected chi connectivity index (χ0v) is 13.1. The van der Waals surface area contributed by atoms with E-state index in [1.54, 1.807) is 6.20 Å². The maximum absolute atomic E-state index is 5.55. The van der Waals surface area contributed by atoms with Crippen LogP contribution in [-0.2, 0) is 0 Å². The second-order valence-electron chi connectivity index (χ2n) is 2.50. The number of nitrogens with zero attached hydrogens (tertiary/aromatic N) is 3. The van der Waals surface area contributed by atoms with E-state index in [-0.39, 0.29) is 0 Å². The standard InChI is InChI=1S/C8H8N4S2.2C2H6/c1-13-8-10-3-2-5(12-8)6-4-14-7(9)11-6;2*1-2/h2-4H,1H3,(H2,9,11);2*1-2H3. The number of nitrogen functional groups attached to an aromatic ring is 1. The van der Waals surface area contributed by atoms with Crippen molar-refractivity contribution >= 4 is 28.2 Å². The SMILES string of the molecule is CC.CC.CSc1nccc(-c2csc(N)n2)n1. The quantitative estimate of drug-likeness (QED) is 0.668. The lowest BCUT2D eigenvalue weighted by Gasteiger charge is -1.97. The Balaban J connectivity index is 0.000000659. The van der Waals surface area contributed by atoms with Crippen LogP contribution in [0.3, 0.4) is 0 Å². The predicted octanol–water partition coefficient (Wildman–Crippen LogP) is 3.96. The molecule has 2 aromatic heterocycles. The third-order valence-corrected chi connectivity index (χ3v) is 2.84. The number of hydrogen-bond donors (Lipinski definition) is 1. The summed E-state index contributed by atoms with van der Waals surface area (Å²) in [4.78, 5) is 12.6. The van der Waals surface area contributed by atoms with Gasteiger partial charge in [-0.3, -0.25) is 0 Å². The van der Waals surface area contributed by atoms with Crippen LogP contribution >= 0.6 is 23.1 Å². The molecule has 0 bridgehead atoms. The second kappa shape index (κ2) is 9.85. The molecule has 0 spiro atoms. The van der Waals surface area contributed by atoms with Crippen LogP contribution in [0.1, 0.15) is 27.7 Å². The van der Waals surface area contributed by atoms with Gasteiger partial charge in [0.2, 0.25) is 0 Å². The lowest BCUT2D eigenvalue weighted by molar-refractivity contribution is 0.973. The molecule has 6 heteroatoms. The molecule has 0 aliphatic carbocycles. The van der Waals surface area contributed by atoms with E-state index in [4.69, 9.17) is 5.73 Å². The molecule has 0 aliphatic rings. The third kappa shape index (κ3) is 5.01. The lowest BCUT2D eigenvalue weighted by Crippen LogP contribution is -1.89. The summed E-state index contributed by atoms with van der Waals surface area (Å²) >= 11 is 2.92. The zero-order chi connectivity index (χ0) is 14.0. The van der Waals surface area contributed by atoms with Gasteiger partial charge in [0, 0.05) is 11.6 Å². The summed E-state index contributed by atoms with van der Waals surface area (Å²) in [6, 6.07) is 1.83. The Kier molecular flexibility index (Phi) is 9.22. The Hall–Kier alpha value is -1.14. The highest BCUT2D eigenvalue weighted by atomic mass is 32.2. The van der Waals surface area contributed by atoms with E-state index in [9.17, 15) is 0 Å². The molecule has 4 nitrogen and oxygen atoms in total. The Morgan fingerprint density at radius 1 is 1.11 bits per heavy atom. The van der Waals surface area contributed by atoms with Crippen LogP contribution in [0.2, 0.25) is 0 Å². The number of nitrogens with two attached hydrogens (primary N) is 1. The summed E-state index contributed by atoms with van der Waals surface area (Å²) in [5.41, 5.74) is 7.17. The highest BCUT2D eigenvalue weighted by Gasteiger charge is 2.04. The molecular weight excluding hydrogens is 264 g/mol. The molecule has 0 aromatic carbocycles. The molecule has 18 heavy (non-hydrogen) atoms. The van der Waals surface area contributed by atoms with E-state index in [0.29, 0.717) is 5.13 Å². The molecule has 2 heterocycles. The van der Waals surface area contributed by atoms with Gasteiger partial charge in [-0.15, -0.1) is 11.3 Å². The number of thiazole rings is 1. The van der Waals surface area contributed by atoms with Crippen molar-refractivity contribution in [1.82, 2.24) is 15.0 Å². The van der Waals surface area contributed by atoms with Crippen molar-refractivity contribution in [3.8, 4) is 11.4 Å². The Morgan fingerprint density at radius 2 is 1.78 bits per heavy atom. The van der Waals surface area contributed by atoms with Crippen LogP contribution < -0.4 is 5.73 Å². The van der Waals surface area contributed by atoms with E-state index >= 15 is 0 Å². The maximum Gasteiger partial charge on any atom is 0.187 e. The first-order chi connectivity index (χ1) is 8.79. The van der Waals surface area contributed by atoms with Crippen LogP contribution in [0, 0.1) is 0 Å². The molecule has 0 fully saturated rings. The van der Waals surface area contributed by atoms with Gasteiger partial charge in [0.15, 0.2) is 10.3 Å². The fraction of sp³-hybridized carbons (Fsp3) is 0.417. The molecule has 2 rings (SSSR count). The van der Waals surface area contributed by atoms with Crippen molar-refractivity contribution in [2.45, 2.75) is 32.9 Å². The molecular formula is C12H20N4S2. The van der Waals surface area contributed by atoms with Crippen LogP contribution in [0.15, 0.2) is 22.8 Å². The van der Waals surface area contributed by atoms with Crippen molar-refractivity contribution in [3.63, 3.8) is 0 Å². The van der Waals surface area contributed by atoms with E-state index in [1.807, 2.05) is 45.4 Å². The molecule has 0 saturated carbocycles. The fourth-order valence-electron chi connectivity index (χ4n) is 0.987. The van der Waals surface area contributed by atoms with E-state index < -0.39 is 0 Å². The molecule has 0 aliphatic heterocycles. The third-order valence-electron chi connectivity index (χ3n) is 1.60. The van der Waals surface area contributed by atoms with Crippen molar-refractivity contribution in [1.29, 1.82) is 0 Å². The summed E-state index contributed by atoms with van der Waals surface area (Å²) in [5, 5.41) is 3.19. The van der Waals surface area contributed by atoms with Crippen molar-refractivity contribution in [2.75, 3.05) is 12.0 Å². The molecule has 0 radical (unpaired) electrons. The Labute approximate surface area is 117 Å². The monoisotopic (exact) mass is 284 g/mol. The summed E-state index contributed by atoms with van der Waals surface area (Å²) in [5.74, 6) is 0. The van der Waals surface area contributed by atoms with Gasteiger partial charge in [0.25, 0.3) is 0 Å². The zero-order valence-electron chi connectivity index (χ0n) is 11.5. The topological polar surface area (TPSA) is 64.7 Å². The van der Waals surface area contributed by atoms with Gasteiger partial charge in [-0.1, -0.05) is 39.5 Å². The minimum atomic E-state index is 0.560. The Morgan fingerprint density at radius 3 is 2.28 bits per heavy atom. The predicted molar refractivity (Wildman–Crippen MR) is 82.0 cm³/mol. The van der Waals surface area contributed by atoms with Crippen molar-refractivity contribution in [2.24, 2.45) is 0 Å². The molecule has 0 saturated heterocycles. The summed E-state index contributed by atoms with van der Waals surface area (Å²) in [7, 11) is 0. The molecule has 2 aromatic rings. The second-order valence-corrected chi connectivity index (χ2v) is 4.16. The number of aromatic nitrogens is 3. The molecule has 0 atom stereocenters. The van der Waals surface area contributed by atoms with Gasteiger partial charge in [0.1, 0.15) is 5.69 Å². The van der Waals surface area contributed by atoms with E-state index in [2.05, 4.69) is 15.0 Å². The summed E-state index contributed by atoms with van der Waals surface area (Å²) < 4.78 is 0. The van der Waals surface area contributed by atoms with Crippen molar-refractivity contribution < 1.29 is 0 Å². The van der Waals surface area contributed by atoms with Gasteiger partial charge in [-0.2, -0.15) is 0 Å². The first kappa shape index (κ1) is 16.9. The maximum atomic E-state index is 5.55. The first-order valence-electron chi connectivity index (χ1n) is 5.88. The molecule has 0 unspecified atom stereocenters. The molecule has 0 amide bonds. The van der Waals surface area contributed by atoms with E-state index in [0.717, 1.165) is 16.5 Å². The van der Waals surface area contributed by atoms with Crippen LogP contribution in [-0.4, -0.2) is 21.2 Å². The molecule has 100 valence electrons. The van der Waals surface area contributed by atoms with Gasteiger partial charge in [-0.25, -0.2) is 15.0 Å². The molecule has 2 N–H and O–H groups in total. The average Bonchev–Trinajstić information content (AvgIpc) is 2.90. The number of rotatable bonds is 2. The average molecular weight is 284 g/mol. The lowest BCUT2D eigenvalue weighted by atomic mass is 10.3. The highest BCUT2D eigenvalue weighted by Crippen LogP contribution is 2.22. The number of hydrogen-bond acceptors (Lipinski definition) is 6. The smallest absolute Gasteiger partial charge is 0.187 e. The van der Waals surface area contributed by atoms with Crippen LogP contribution in [0.5, 0.6) is 0 Å². The minimum Gasteiger partial charge on any atom is -0.375 e. The summed E-state index contributed by atoms with van der Waals surface area (Å²) in [6.07, 6.45) is 3.66.